The molecule has 0 saturated heterocycles. The van der Waals surface area contributed by atoms with E-state index in [0.29, 0.717) is 6.42 Å². The molecule has 0 spiro atoms. The lowest BCUT2D eigenvalue weighted by Gasteiger charge is -2.27. The molecule has 1 rings (SSSR count). The van der Waals surface area contributed by atoms with Gasteiger partial charge in [0.2, 0.25) is 29.5 Å². The zero-order valence-electron chi connectivity index (χ0n) is 31.1. The van der Waals surface area contributed by atoms with E-state index >= 15 is 0 Å². The second-order valence-corrected chi connectivity index (χ2v) is 15.7. The number of nitrogens with two attached hydrogens (primary N) is 3. The molecule has 0 aliphatic rings. The number of carbonyl (C=O) groups excluding carboxylic acids is 5. The number of aliphatic imine (C=N–C) groups is 1. The van der Waals surface area contributed by atoms with E-state index in [-0.39, 0.29) is 50.5 Å². The van der Waals surface area contributed by atoms with Crippen LogP contribution in [0.15, 0.2) is 35.3 Å². The van der Waals surface area contributed by atoms with Gasteiger partial charge in [0.15, 0.2) is 5.96 Å². The molecule has 0 aromatic heterocycles. The summed E-state index contributed by atoms with van der Waals surface area (Å²) in [5, 5.41) is 22.1. The van der Waals surface area contributed by atoms with Crippen LogP contribution in [0.5, 0.6) is 0 Å². The van der Waals surface area contributed by atoms with Crippen LogP contribution in [0.2, 0.25) is 0 Å². The number of carboxylic acid groups (broad SMARTS) is 1. The van der Waals surface area contributed by atoms with Crippen LogP contribution in [0.25, 0.3) is 0 Å². The van der Waals surface area contributed by atoms with Crippen LogP contribution >= 0.6 is 0 Å². The second kappa shape index (κ2) is 23.0. The molecule has 53 heavy (non-hydrogen) atoms. The number of benzene rings is 1. The molecule has 0 radical (unpaired) electrons. The van der Waals surface area contributed by atoms with Gasteiger partial charge in [-0.3, -0.25) is 29.0 Å². The lowest BCUT2D eigenvalue weighted by molar-refractivity contribution is -0.142. The van der Waals surface area contributed by atoms with Gasteiger partial charge >= 0.3 is 5.97 Å². The van der Waals surface area contributed by atoms with Gasteiger partial charge in [-0.2, -0.15) is 0 Å². The Bertz CT molecular complexity index is 1520. The first-order chi connectivity index (χ1) is 24.7. The van der Waals surface area contributed by atoms with E-state index in [9.17, 15) is 42.3 Å². The molecule has 6 atom stereocenters. The number of hydrogen-bond donors (Lipinski definition) is 9. The third-order valence-corrected chi connectivity index (χ3v) is 9.16. The maximum Gasteiger partial charge on any atom is 0.326 e. The summed E-state index contributed by atoms with van der Waals surface area (Å²) in [6.07, 6.45) is 1.69. The average molecular weight is 768 g/mol. The third kappa shape index (κ3) is 19.0. The number of rotatable bonds is 24. The average Bonchev–Trinajstić information content (AvgIpc) is 3.07. The second-order valence-electron chi connectivity index (χ2n) is 13.5. The fourth-order valence-corrected chi connectivity index (χ4v) is 5.72. The van der Waals surface area contributed by atoms with Crippen molar-refractivity contribution in [2.24, 2.45) is 34.0 Å². The quantitative estimate of drug-likeness (QED) is 0.0322. The lowest BCUT2D eigenvalue weighted by atomic mass is 9.97. The normalized spacial score (nSPS) is 14.7. The minimum absolute atomic E-state index is 0.0391. The Hall–Kier alpha value is -4.78. The topological polar surface area (TPSA) is 307 Å². The highest BCUT2D eigenvalue weighted by atomic mass is 32.2. The van der Waals surface area contributed by atoms with Crippen molar-refractivity contribution in [3.63, 3.8) is 0 Å². The van der Waals surface area contributed by atoms with Gasteiger partial charge in [-0.05, 0) is 49.5 Å². The molecule has 1 aromatic rings. The zero-order chi connectivity index (χ0) is 40.3. The maximum atomic E-state index is 13.5. The molecule has 0 unspecified atom stereocenters. The van der Waals surface area contributed by atoms with E-state index < -0.39 is 93.8 Å². The first kappa shape index (κ1) is 46.2. The van der Waals surface area contributed by atoms with Crippen molar-refractivity contribution in [1.82, 2.24) is 26.6 Å². The van der Waals surface area contributed by atoms with Crippen molar-refractivity contribution in [2.45, 2.75) is 96.4 Å². The molecule has 0 bridgehead atoms. The van der Waals surface area contributed by atoms with Gasteiger partial charge < -0.3 is 48.9 Å². The molecular formula is C34H57N9O9S. The summed E-state index contributed by atoms with van der Waals surface area (Å²) in [5.41, 5.74) is 17.6. The van der Waals surface area contributed by atoms with Gasteiger partial charge in [-0.25, -0.2) is 13.2 Å². The molecule has 0 fully saturated rings. The lowest BCUT2D eigenvalue weighted by Crippen LogP contribution is -2.58. The van der Waals surface area contributed by atoms with Gasteiger partial charge in [0.05, 0.1) is 18.3 Å². The van der Waals surface area contributed by atoms with Crippen molar-refractivity contribution >= 4 is 51.3 Å². The van der Waals surface area contributed by atoms with E-state index in [1.807, 2.05) is 0 Å². The molecule has 0 aliphatic heterocycles. The maximum absolute atomic E-state index is 13.5. The van der Waals surface area contributed by atoms with E-state index in [1.54, 1.807) is 58.0 Å². The number of guanidine groups is 1. The number of nitrogens with one attached hydrogen (secondary N) is 5. The van der Waals surface area contributed by atoms with E-state index in [2.05, 4.69) is 31.6 Å². The van der Waals surface area contributed by atoms with Crippen LogP contribution < -0.4 is 43.8 Å². The van der Waals surface area contributed by atoms with Gasteiger partial charge in [0, 0.05) is 12.8 Å². The minimum atomic E-state index is -3.55. The predicted octanol–water partition coefficient (Wildman–Crippen LogP) is -1.72. The molecule has 0 heterocycles. The highest BCUT2D eigenvalue weighted by Crippen LogP contribution is 2.11. The Morgan fingerprint density at radius 3 is 1.96 bits per heavy atom. The summed E-state index contributed by atoms with van der Waals surface area (Å²) in [6.45, 7) is 6.55. The molecule has 298 valence electrons. The van der Waals surface area contributed by atoms with Crippen LogP contribution in [0.3, 0.4) is 0 Å². The highest BCUT2D eigenvalue weighted by Gasteiger charge is 2.32. The summed E-state index contributed by atoms with van der Waals surface area (Å²) in [7, 11) is -3.55. The molecule has 0 saturated carbocycles. The Balaban J connectivity index is 3.08. The summed E-state index contributed by atoms with van der Waals surface area (Å²) < 4.78 is 23.9. The monoisotopic (exact) mass is 767 g/mol. The number of amides is 5. The molecular weight excluding hydrogens is 710 g/mol. The number of sulfone groups is 1. The van der Waals surface area contributed by atoms with E-state index in [4.69, 9.17) is 17.2 Å². The van der Waals surface area contributed by atoms with Gasteiger partial charge in [0.1, 0.15) is 34.0 Å². The molecule has 0 aliphatic carbocycles. The van der Waals surface area contributed by atoms with Crippen molar-refractivity contribution in [2.75, 3.05) is 25.1 Å². The standard InChI is InChI=1S/C34H57N9O9S/c1-6-21(4)28(43-31(47)25(14-16-53(5,51)52)41-29(45)23(35)18-22-11-8-7-9-12-22)32(48)39-19-27(44)40-24(13-10-15-38-34(36)37)30(46)42-26(33(49)50)17-20(2)3/h7-9,11-12,20-21,23-26,28H,6,10,13-19,35H2,1-5H3,(H,39,48)(H,40,44)(H,41,45)(H,42,46)(H,43,47)(H,49,50)(H4,36,37,38)/t21-,23-,24-,25-,26-,28-/m0/s1. The smallest absolute Gasteiger partial charge is 0.326 e. The van der Waals surface area contributed by atoms with Gasteiger partial charge in [-0.1, -0.05) is 64.4 Å². The molecule has 19 heteroatoms. The Kier molecular flexibility index (Phi) is 20.1. The van der Waals surface area contributed by atoms with Crippen LogP contribution in [0.1, 0.15) is 65.4 Å². The molecule has 5 amide bonds. The number of aliphatic carboxylic acids is 1. The molecule has 1 aromatic carbocycles. The zero-order valence-corrected chi connectivity index (χ0v) is 31.9. The van der Waals surface area contributed by atoms with Crippen molar-refractivity contribution in [3.8, 4) is 0 Å². The number of carboxylic acids is 1. The number of carbonyl (C=O) groups is 6. The van der Waals surface area contributed by atoms with Gasteiger partial charge in [0.25, 0.3) is 0 Å². The predicted molar refractivity (Wildman–Crippen MR) is 200 cm³/mol. The van der Waals surface area contributed by atoms with Crippen molar-refractivity contribution < 1.29 is 42.3 Å². The minimum Gasteiger partial charge on any atom is -0.480 e. The fraction of sp³-hybridized carbons (Fsp3) is 0.618. The van der Waals surface area contributed by atoms with Gasteiger partial charge in [-0.15, -0.1) is 0 Å². The number of hydrogen-bond acceptors (Lipinski definition) is 10. The van der Waals surface area contributed by atoms with Crippen molar-refractivity contribution in [3.05, 3.63) is 35.9 Å². The molecule has 12 N–H and O–H groups in total. The summed E-state index contributed by atoms with van der Waals surface area (Å²) in [5.74, 6) is -6.19. The SMILES string of the molecule is CC[C@H](C)[C@H](NC(=O)[C@H](CCS(C)(=O)=O)NC(=O)[C@@H](N)Cc1ccccc1)C(=O)NCC(=O)N[C@@H](CCCN=C(N)N)C(=O)N[C@@H](CC(C)C)C(=O)O. The largest absolute Gasteiger partial charge is 0.480 e. The van der Waals surface area contributed by atoms with Crippen LogP contribution in [0.4, 0.5) is 0 Å². The molecule has 18 nitrogen and oxygen atoms in total. The number of nitrogens with zero attached hydrogens (tertiary/aromatic N) is 1. The summed E-state index contributed by atoms with van der Waals surface area (Å²) >= 11 is 0. The Labute approximate surface area is 311 Å². The Morgan fingerprint density at radius 1 is 0.830 bits per heavy atom. The van der Waals surface area contributed by atoms with Crippen LogP contribution in [-0.2, 0) is 45.0 Å². The first-order valence-corrected chi connectivity index (χ1v) is 19.5. The Morgan fingerprint density at radius 2 is 1.42 bits per heavy atom. The van der Waals surface area contributed by atoms with Crippen LogP contribution in [0, 0.1) is 11.8 Å². The first-order valence-electron chi connectivity index (χ1n) is 17.5. The highest BCUT2D eigenvalue weighted by molar-refractivity contribution is 7.90. The van der Waals surface area contributed by atoms with E-state index in [1.165, 1.54) is 0 Å². The summed E-state index contributed by atoms with van der Waals surface area (Å²) in [4.78, 5) is 81.6. The third-order valence-electron chi connectivity index (χ3n) is 8.18. The van der Waals surface area contributed by atoms with E-state index in [0.717, 1.165) is 11.8 Å². The van der Waals surface area contributed by atoms with Crippen LogP contribution in [-0.4, -0.2) is 110 Å². The van der Waals surface area contributed by atoms with Crippen molar-refractivity contribution in [1.29, 1.82) is 0 Å². The fourth-order valence-electron chi connectivity index (χ4n) is 5.06. The summed E-state index contributed by atoms with van der Waals surface area (Å²) in [6, 6.07) is 2.91.